The summed E-state index contributed by atoms with van der Waals surface area (Å²) in [5.74, 6) is 0.00989. The number of amides is 1. The van der Waals surface area contributed by atoms with E-state index in [1.807, 2.05) is 18.2 Å². The minimum absolute atomic E-state index is 0.0187. The van der Waals surface area contributed by atoms with Crippen molar-refractivity contribution in [1.29, 1.82) is 5.26 Å². The first kappa shape index (κ1) is 24.4. The van der Waals surface area contributed by atoms with Crippen molar-refractivity contribution in [3.63, 3.8) is 0 Å². The zero-order chi connectivity index (χ0) is 24.9. The second-order valence-corrected chi connectivity index (χ2v) is 9.18. The van der Waals surface area contributed by atoms with Crippen molar-refractivity contribution in [1.82, 2.24) is 5.43 Å². The molecule has 1 aromatic heterocycles. The number of rotatable bonds is 7. The molecule has 4 aromatic rings. The molecule has 35 heavy (non-hydrogen) atoms. The van der Waals surface area contributed by atoms with Gasteiger partial charge in [0.05, 0.1) is 30.8 Å². The zero-order valence-corrected chi connectivity index (χ0v) is 21.4. The first-order chi connectivity index (χ1) is 16.9. The van der Waals surface area contributed by atoms with Gasteiger partial charge in [0.2, 0.25) is 0 Å². The van der Waals surface area contributed by atoms with Crippen molar-refractivity contribution >= 4 is 67.3 Å². The van der Waals surface area contributed by atoms with E-state index in [2.05, 4.69) is 55.1 Å². The lowest BCUT2D eigenvalue weighted by Gasteiger charge is -2.12. The number of hydrogen-bond donors (Lipinski definition) is 1. The quantitative estimate of drug-likeness (QED) is 0.115. The molecule has 0 atom stereocenters. The lowest BCUT2D eigenvalue weighted by molar-refractivity contribution is -0.384. The molecule has 1 heterocycles. The molecule has 0 spiro atoms. The molecular weight excluding hydrogens is 631 g/mol. The SMILES string of the molecule is N#Cc1ccccc1COc1c(Br)cc(/C=N/NC(=O)c2cc3cc([N+](=O)[O-])ccc3o2)cc1I. The summed E-state index contributed by atoms with van der Waals surface area (Å²) in [5.41, 5.74) is 4.69. The lowest BCUT2D eigenvalue weighted by Crippen LogP contribution is -2.16. The van der Waals surface area contributed by atoms with E-state index < -0.39 is 10.8 Å². The molecule has 0 unspecified atom stereocenters. The number of nitriles is 1. The summed E-state index contributed by atoms with van der Waals surface area (Å²) in [7, 11) is 0. The summed E-state index contributed by atoms with van der Waals surface area (Å²) in [6, 6.07) is 18.5. The smallest absolute Gasteiger partial charge is 0.307 e. The zero-order valence-electron chi connectivity index (χ0n) is 17.7. The second kappa shape index (κ2) is 10.7. The van der Waals surface area contributed by atoms with Crippen molar-refractivity contribution < 1.29 is 18.9 Å². The van der Waals surface area contributed by atoms with Gasteiger partial charge in [0.15, 0.2) is 5.76 Å². The van der Waals surface area contributed by atoms with Gasteiger partial charge in [0.1, 0.15) is 17.9 Å². The summed E-state index contributed by atoms with van der Waals surface area (Å²) < 4.78 is 12.9. The van der Waals surface area contributed by atoms with Crippen molar-refractivity contribution in [2.24, 2.45) is 5.10 Å². The summed E-state index contributed by atoms with van der Waals surface area (Å²) in [4.78, 5) is 22.8. The predicted octanol–water partition coefficient (Wildman–Crippen LogP) is 5.92. The number of fused-ring (bicyclic) bond motifs is 1. The van der Waals surface area contributed by atoms with E-state index >= 15 is 0 Å². The summed E-state index contributed by atoms with van der Waals surface area (Å²) in [5, 5.41) is 24.6. The average molecular weight is 645 g/mol. The van der Waals surface area contributed by atoms with Gasteiger partial charge in [-0.25, -0.2) is 5.43 Å². The standard InChI is InChI=1S/C24H14BrIN4O5/c25-19-7-14(8-20(26)23(19)34-13-16-4-2-1-3-15(16)11-27)12-28-29-24(31)22-10-17-9-18(30(32)33)5-6-21(17)35-22/h1-10,12H,13H2,(H,29,31)/b28-12+. The first-order valence-corrected chi connectivity index (χ1v) is 11.8. The topological polar surface area (TPSA) is 131 Å². The maximum Gasteiger partial charge on any atom is 0.307 e. The minimum Gasteiger partial charge on any atom is -0.487 e. The van der Waals surface area contributed by atoms with Crippen LogP contribution in [0.25, 0.3) is 11.0 Å². The highest BCUT2D eigenvalue weighted by molar-refractivity contribution is 14.1. The Hall–Kier alpha value is -3.76. The van der Waals surface area contributed by atoms with Crippen LogP contribution >= 0.6 is 38.5 Å². The number of nitro benzene ring substituents is 1. The van der Waals surface area contributed by atoms with E-state index in [-0.39, 0.29) is 18.1 Å². The summed E-state index contributed by atoms with van der Waals surface area (Å²) in [6.07, 6.45) is 1.47. The number of ether oxygens (including phenoxy) is 1. The summed E-state index contributed by atoms with van der Waals surface area (Å²) >= 11 is 5.62. The highest BCUT2D eigenvalue weighted by atomic mass is 127. The van der Waals surface area contributed by atoms with E-state index in [1.54, 1.807) is 18.2 Å². The average Bonchev–Trinajstić information content (AvgIpc) is 3.27. The summed E-state index contributed by atoms with van der Waals surface area (Å²) in [6.45, 7) is 0.239. The fourth-order valence-electron chi connectivity index (χ4n) is 3.17. The maximum atomic E-state index is 12.4. The maximum absolute atomic E-state index is 12.4. The molecule has 0 saturated heterocycles. The lowest BCUT2D eigenvalue weighted by atomic mass is 10.1. The van der Waals surface area contributed by atoms with Crippen LogP contribution in [0.15, 0.2) is 74.7 Å². The molecule has 3 aromatic carbocycles. The van der Waals surface area contributed by atoms with Crippen molar-refractivity contribution in [2.45, 2.75) is 6.61 Å². The first-order valence-electron chi connectivity index (χ1n) is 9.97. The number of non-ortho nitro benzene ring substituents is 1. The van der Waals surface area contributed by atoms with Crippen LogP contribution in [0, 0.1) is 25.0 Å². The molecule has 1 amide bonds. The van der Waals surface area contributed by atoms with Gasteiger partial charge in [-0.3, -0.25) is 14.9 Å². The molecule has 1 N–H and O–H groups in total. The van der Waals surface area contributed by atoms with Crippen LogP contribution in [-0.2, 0) is 6.61 Å². The number of carbonyl (C=O) groups excluding carboxylic acids is 1. The molecule has 0 bridgehead atoms. The van der Waals surface area contributed by atoms with Crippen LogP contribution in [-0.4, -0.2) is 17.0 Å². The van der Waals surface area contributed by atoms with Crippen molar-refractivity contribution in [2.75, 3.05) is 0 Å². The Kier molecular flexibility index (Phi) is 7.42. The van der Waals surface area contributed by atoms with Gasteiger partial charge >= 0.3 is 5.91 Å². The molecule has 11 heteroatoms. The van der Waals surface area contributed by atoms with Gasteiger partial charge in [-0.1, -0.05) is 18.2 Å². The number of hydrogen-bond acceptors (Lipinski definition) is 7. The number of halogens is 2. The molecule has 9 nitrogen and oxygen atoms in total. The van der Waals surface area contributed by atoms with E-state index in [9.17, 15) is 20.2 Å². The van der Waals surface area contributed by atoms with E-state index in [1.165, 1.54) is 30.5 Å². The number of nitrogens with one attached hydrogen (secondary N) is 1. The van der Waals surface area contributed by atoms with Gasteiger partial charge in [-0.2, -0.15) is 10.4 Å². The molecule has 174 valence electrons. The fourth-order valence-corrected chi connectivity index (χ4v) is 4.94. The Morgan fingerprint density at radius 3 is 2.80 bits per heavy atom. The molecule has 0 aliphatic rings. The molecule has 0 aliphatic carbocycles. The van der Waals surface area contributed by atoms with E-state index in [4.69, 9.17) is 9.15 Å². The van der Waals surface area contributed by atoms with Crippen LogP contribution in [0.5, 0.6) is 5.75 Å². The van der Waals surface area contributed by atoms with Crippen molar-refractivity contribution in [3.8, 4) is 11.8 Å². The van der Waals surface area contributed by atoms with Crippen LogP contribution in [0.3, 0.4) is 0 Å². The number of carbonyl (C=O) groups is 1. The fraction of sp³-hybridized carbons (Fsp3) is 0.0417. The van der Waals surface area contributed by atoms with Crippen molar-refractivity contribution in [3.05, 3.63) is 101 Å². The molecular formula is C24H14BrIN4O5. The Balaban J connectivity index is 1.43. The van der Waals surface area contributed by atoms with E-state index in [0.29, 0.717) is 32.3 Å². The van der Waals surface area contributed by atoms with Crippen LogP contribution in [0.2, 0.25) is 0 Å². The van der Waals surface area contributed by atoms with Gasteiger partial charge in [0, 0.05) is 23.1 Å². The van der Waals surface area contributed by atoms with Crippen LogP contribution < -0.4 is 10.2 Å². The largest absolute Gasteiger partial charge is 0.487 e. The molecule has 0 radical (unpaired) electrons. The second-order valence-electron chi connectivity index (χ2n) is 7.16. The highest BCUT2D eigenvalue weighted by Gasteiger charge is 2.15. The normalized spacial score (nSPS) is 10.9. The van der Waals surface area contributed by atoms with Gasteiger partial charge in [-0.15, -0.1) is 0 Å². The third kappa shape index (κ3) is 5.67. The van der Waals surface area contributed by atoms with Gasteiger partial charge in [0.25, 0.3) is 5.69 Å². The van der Waals surface area contributed by atoms with Gasteiger partial charge in [-0.05, 0) is 74.4 Å². The van der Waals surface area contributed by atoms with E-state index in [0.717, 1.165) is 9.13 Å². The monoisotopic (exact) mass is 644 g/mol. The molecule has 0 saturated carbocycles. The number of benzene rings is 3. The third-order valence-corrected chi connectivity index (χ3v) is 6.23. The number of nitro groups is 1. The Labute approximate surface area is 220 Å². The highest BCUT2D eigenvalue weighted by Crippen LogP contribution is 2.32. The third-order valence-electron chi connectivity index (χ3n) is 4.84. The molecule has 0 aliphatic heterocycles. The number of hydrazone groups is 1. The molecule has 4 rings (SSSR count). The Morgan fingerprint density at radius 2 is 2.06 bits per heavy atom. The predicted molar refractivity (Wildman–Crippen MR) is 140 cm³/mol. The van der Waals surface area contributed by atoms with Gasteiger partial charge < -0.3 is 9.15 Å². The van der Waals surface area contributed by atoms with Crippen LogP contribution in [0.4, 0.5) is 5.69 Å². The Morgan fingerprint density at radius 1 is 1.26 bits per heavy atom. The minimum atomic E-state index is -0.593. The number of furan rings is 1. The Bertz CT molecular complexity index is 1500. The number of nitrogens with zero attached hydrogens (tertiary/aromatic N) is 3. The van der Waals surface area contributed by atoms with Crippen LogP contribution in [0.1, 0.15) is 27.2 Å². The molecule has 0 fully saturated rings.